The molecule has 0 unspecified atom stereocenters. The molecule has 0 aliphatic rings. The zero-order valence-electron chi connectivity index (χ0n) is 14.1. The highest BCUT2D eigenvalue weighted by Crippen LogP contribution is 1.87. The maximum atomic E-state index is 10.5. The molecule has 0 atom stereocenters. The van der Waals surface area contributed by atoms with Crippen molar-refractivity contribution in [3.8, 4) is 0 Å². The summed E-state index contributed by atoms with van der Waals surface area (Å²) >= 11 is 0. The number of rotatable bonds is 19. The summed E-state index contributed by atoms with van der Waals surface area (Å²) in [6.45, 7) is 11.7. The summed E-state index contributed by atoms with van der Waals surface area (Å²) in [5.74, 6) is 0. The minimum absolute atomic E-state index is 0.440. The van der Waals surface area contributed by atoms with Crippen molar-refractivity contribution in [2.24, 2.45) is 0 Å². The smallest absolute Gasteiger partial charge is 0.213 e. The van der Waals surface area contributed by atoms with E-state index >= 15 is 0 Å². The number of hydrogen-bond donors (Lipinski definition) is 0. The molecule has 0 radical (unpaired) electrons. The monoisotopic (exact) mass is 344 g/mol. The Labute approximate surface area is 143 Å². The Balaban J connectivity index is 3.17. The third-order valence-corrected chi connectivity index (χ3v) is 2.84. The first-order valence-corrected chi connectivity index (χ1v) is 7.76. The third kappa shape index (κ3) is 13.9. The highest BCUT2D eigenvalue weighted by molar-refractivity contribution is 5.48. The van der Waals surface area contributed by atoms with Gasteiger partial charge in [0.15, 0.2) is 0 Å². The van der Waals surface area contributed by atoms with E-state index in [4.69, 9.17) is 18.9 Å². The first-order chi connectivity index (χ1) is 11.8. The van der Waals surface area contributed by atoms with Crippen LogP contribution in [0.25, 0.3) is 0 Å². The Morgan fingerprint density at radius 1 is 0.583 bits per heavy atom. The van der Waals surface area contributed by atoms with Crippen molar-refractivity contribution in [1.29, 1.82) is 0 Å². The molecule has 0 aliphatic heterocycles. The SMILES string of the molecule is C=CN(C=O)CCOCCOCCOCCOCCN(C=C)C=O. The van der Waals surface area contributed by atoms with E-state index in [0.29, 0.717) is 78.8 Å². The molecule has 0 aromatic carbocycles. The fraction of sp³-hybridized carbons (Fsp3) is 0.625. The van der Waals surface area contributed by atoms with Crippen LogP contribution in [0.5, 0.6) is 0 Å². The van der Waals surface area contributed by atoms with Crippen LogP contribution >= 0.6 is 0 Å². The molecule has 8 nitrogen and oxygen atoms in total. The quantitative estimate of drug-likeness (QED) is 0.247. The molecule has 0 aliphatic carbocycles. The molecule has 0 saturated heterocycles. The fourth-order valence-electron chi connectivity index (χ4n) is 1.48. The molecule has 8 heteroatoms. The van der Waals surface area contributed by atoms with Crippen molar-refractivity contribution in [3.63, 3.8) is 0 Å². The topological polar surface area (TPSA) is 77.5 Å². The summed E-state index contributed by atoms with van der Waals surface area (Å²) in [7, 11) is 0. The van der Waals surface area contributed by atoms with E-state index in [2.05, 4.69) is 13.2 Å². The van der Waals surface area contributed by atoms with Gasteiger partial charge in [0.25, 0.3) is 0 Å². The van der Waals surface area contributed by atoms with Gasteiger partial charge in [0.05, 0.1) is 52.9 Å². The summed E-state index contributed by atoms with van der Waals surface area (Å²) in [5.41, 5.74) is 0. The van der Waals surface area contributed by atoms with Crippen molar-refractivity contribution >= 4 is 12.8 Å². The summed E-state index contributed by atoms with van der Waals surface area (Å²) in [6, 6.07) is 0. The van der Waals surface area contributed by atoms with Crippen molar-refractivity contribution in [1.82, 2.24) is 9.80 Å². The van der Waals surface area contributed by atoms with Crippen LogP contribution in [0.4, 0.5) is 0 Å². The Bertz CT molecular complexity index is 293. The first kappa shape index (κ1) is 22.3. The van der Waals surface area contributed by atoms with E-state index in [1.54, 1.807) is 0 Å². The van der Waals surface area contributed by atoms with Crippen LogP contribution in [0.15, 0.2) is 25.6 Å². The molecule has 0 rings (SSSR count). The van der Waals surface area contributed by atoms with Gasteiger partial charge in [-0.15, -0.1) is 0 Å². The lowest BCUT2D eigenvalue weighted by molar-refractivity contribution is -0.117. The lowest BCUT2D eigenvalue weighted by Gasteiger charge is -2.12. The number of nitrogens with zero attached hydrogens (tertiary/aromatic N) is 2. The molecule has 138 valence electrons. The van der Waals surface area contributed by atoms with Crippen LogP contribution in [0.3, 0.4) is 0 Å². The molecule has 0 heterocycles. The van der Waals surface area contributed by atoms with E-state index in [-0.39, 0.29) is 0 Å². The molecule has 24 heavy (non-hydrogen) atoms. The van der Waals surface area contributed by atoms with Gasteiger partial charge in [-0.2, -0.15) is 0 Å². The average molecular weight is 344 g/mol. The van der Waals surface area contributed by atoms with Crippen LogP contribution in [0.2, 0.25) is 0 Å². The number of amides is 2. The van der Waals surface area contributed by atoms with E-state index in [0.717, 1.165) is 0 Å². The third-order valence-electron chi connectivity index (χ3n) is 2.84. The van der Waals surface area contributed by atoms with Crippen LogP contribution in [0, 0.1) is 0 Å². The summed E-state index contributed by atoms with van der Waals surface area (Å²) < 4.78 is 21.3. The average Bonchev–Trinajstić information content (AvgIpc) is 2.62. The second kappa shape index (κ2) is 17.6. The number of ether oxygens (including phenoxy) is 4. The molecule has 0 bridgehead atoms. The predicted molar refractivity (Wildman–Crippen MR) is 89.2 cm³/mol. The van der Waals surface area contributed by atoms with E-state index in [1.807, 2.05) is 0 Å². The minimum atomic E-state index is 0.440. The van der Waals surface area contributed by atoms with Crippen LogP contribution < -0.4 is 0 Å². The maximum Gasteiger partial charge on any atom is 0.213 e. The summed E-state index contributed by atoms with van der Waals surface area (Å²) in [6.07, 6.45) is 4.30. The molecular formula is C16H28N2O6. The van der Waals surface area contributed by atoms with Gasteiger partial charge in [-0.1, -0.05) is 13.2 Å². The Hall–Kier alpha value is -1.74. The van der Waals surface area contributed by atoms with Crippen molar-refractivity contribution in [3.05, 3.63) is 25.6 Å². The van der Waals surface area contributed by atoms with E-state index in [9.17, 15) is 9.59 Å². The van der Waals surface area contributed by atoms with Crippen molar-refractivity contribution in [2.75, 3.05) is 65.9 Å². The zero-order chi connectivity index (χ0) is 17.9. The van der Waals surface area contributed by atoms with Crippen molar-refractivity contribution < 1.29 is 28.5 Å². The molecule has 0 spiro atoms. The van der Waals surface area contributed by atoms with Gasteiger partial charge in [0, 0.05) is 13.1 Å². The largest absolute Gasteiger partial charge is 0.377 e. The highest BCUT2D eigenvalue weighted by Gasteiger charge is 1.97. The first-order valence-electron chi connectivity index (χ1n) is 7.76. The van der Waals surface area contributed by atoms with Gasteiger partial charge in [0.1, 0.15) is 0 Å². The lowest BCUT2D eigenvalue weighted by Crippen LogP contribution is -2.21. The number of carbonyl (C=O) groups is 2. The number of hydrogen-bond acceptors (Lipinski definition) is 6. The normalized spacial score (nSPS) is 10.2. The molecule has 0 aromatic rings. The minimum Gasteiger partial charge on any atom is -0.377 e. The van der Waals surface area contributed by atoms with Gasteiger partial charge < -0.3 is 28.7 Å². The Morgan fingerprint density at radius 2 is 0.875 bits per heavy atom. The summed E-state index contributed by atoms with van der Waals surface area (Å²) in [4.78, 5) is 23.8. The van der Waals surface area contributed by atoms with Crippen LogP contribution in [-0.4, -0.2) is 88.6 Å². The summed E-state index contributed by atoms with van der Waals surface area (Å²) in [5, 5.41) is 0. The predicted octanol–water partition coefficient (Wildman–Crippen LogP) is 0.257. The second-order valence-corrected chi connectivity index (χ2v) is 4.50. The molecule has 0 saturated carbocycles. The Kier molecular flexibility index (Phi) is 16.3. The number of carbonyl (C=O) groups excluding carboxylic acids is 2. The second-order valence-electron chi connectivity index (χ2n) is 4.50. The van der Waals surface area contributed by atoms with Crippen molar-refractivity contribution in [2.45, 2.75) is 0 Å². The molecule has 0 fully saturated rings. The van der Waals surface area contributed by atoms with Gasteiger partial charge in [-0.05, 0) is 12.4 Å². The lowest BCUT2D eigenvalue weighted by atomic mass is 10.6. The van der Waals surface area contributed by atoms with Crippen LogP contribution in [0.1, 0.15) is 0 Å². The molecule has 0 N–H and O–H groups in total. The molecule has 0 aromatic heterocycles. The molecule has 2 amide bonds. The highest BCUT2D eigenvalue weighted by atomic mass is 16.6. The fourth-order valence-corrected chi connectivity index (χ4v) is 1.48. The zero-order valence-corrected chi connectivity index (χ0v) is 14.1. The van der Waals surface area contributed by atoms with Gasteiger partial charge in [0.2, 0.25) is 12.8 Å². The van der Waals surface area contributed by atoms with E-state index < -0.39 is 0 Å². The maximum absolute atomic E-state index is 10.5. The Morgan fingerprint density at radius 3 is 1.12 bits per heavy atom. The van der Waals surface area contributed by atoms with Gasteiger partial charge in [-0.25, -0.2) is 0 Å². The molecular weight excluding hydrogens is 316 g/mol. The standard InChI is InChI=1S/C16H28N2O6/c1-3-17(15-19)5-7-21-9-11-23-13-14-24-12-10-22-8-6-18(4-2)16-20/h3-4,15-16H,1-2,5-14H2. The van der Waals surface area contributed by atoms with E-state index in [1.165, 1.54) is 22.2 Å². The van der Waals surface area contributed by atoms with Gasteiger partial charge in [-0.3, -0.25) is 9.59 Å². The van der Waals surface area contributed by atoms with Gasteiger partial charge >= 0.3 is 0 Å². The van der Waals surface area contributed by atoms with Crippen LogP contribution in [-0.2, 0) is 28.5 Å².